The highest BCUT2D eigenvalue weighted by Crippen LogP contribution is 2.25. The van der Waals surface area contributed by atoms with Gasteiger partial charge in [-0.3, -0.25) is 4.79 Å². The van der Waals surface area contributed by atoms with Crippen molar-refractivity contribution in [3.8, 4) is 0 Å². The second-order valence-electron chi connectivity index (χ2n) is 3.91. The Balaban J connectivity index is 2.07. The molecule has 0 unspecified atom stereocenters. The van der Waals surface area contributed by atoms with E-state index in [1.807, 2.05) is 5.32 Å². The highest BCUT2D eigenvalue weighted by molar-refractivity contribution is 5.96. The Labute approximate surface area is 102 Å². The molecule has 2 rings (SSSR count). The molecule has 1 aromatic carbocycles. The second kappa shape index (κ2) is 4.75. The first kappa shape index (κ1) is 12.5. The SMILES string of the molecule is O=C(NCC(F)(F)F)c1ccc2c(c1)NCCN2. The van der Waals surface area contributed by atoms with Crippen molar-refractivity contribution in [1.82, 2.24) is 5.32 Å². The molecule has 0 atom stereocenters. The molecule has 98 valence electrons. The number of rotatable bonds is 2. The molecule has 1 heterocycles. The third kappa shape index (κ3) is 3.06. The smallest absolute Gasteiger partial charge is 0.382 e. The minimum atomic E-state index is -4.40. The molecule has 0 bridgehead atoms. The average Bonchev–Trinajstić information content (AvgIpc) is 2.34. The molecule has 0 fully saturated rings. The van der Waals surface area contributed by atoms with Gasteiger partial charge in [0.15, 0.2) is 0 Å². The predicted molar refractivity (Wildman–Crippen MR) is 61.8 cm³/mol. The van der Waals surface area contributed by atoms with Crippen LogP contribution in [-0.2, 0) is 0 Å². The van der Waals surface area contributed by atoms with Gasteiger partial charge in [0.1, 0.15) is 6.54 Å². The molecule has 1 amide bonds. The van der Waals surface area contributed by atoms with Gasteiger partial charge in [0.05, 0.1) is 11.4 Å². The van der Waals surface area contributed by atoms with E-state index in [1.165, 1.54) is 12.1 Å². The van der Waals surface area contributed by atoms with Gasteiger partial charge in [-0.1, -0.05) is 0 Å². The molecule has 1 aromatic rings. The number of nitrogens with one attached hydrogen (secondary N) is 3. The van der Waals surface area contributed by atoms with E-state index in [4.69, 9.17) is 0 Å². The summed E-state index contributed by atoms with van der Waals surface area (Å²) in [5.74, 6) is -0.734. The zero-order valence-corrected chi connectivity index (χ0v) is 9.40. The summed E-state index contributed by atoms with van der Waals surface area (Å²) in [5.41, 5.74) is 1.77. The summed E-state index contributed by atoms with van der Waals surface area (Å²) in [7, 11) is 0. The number of halogens is 3. The van der Waals surface area contributed by atoms with Crippen LogP contribution in [0.1, 0.15) is 10.4 Å². The fourth-order valence-electron chi connectivity index (χ4n) is 1.66. The van der Waals surface area contributed by atoms with E-state index in [9.17, 15) is 18.0 Å². The topological polar surface area (TPSA) is 53.2 Å². The third-order valence-corrected chi connectivity index (χ3v) is 2.49. The van der Waals surface area contributed by atoms with E-state index in [1.54, 1.807) is 6.07 Å². The van der Waals surface area contributed by atoms with Crippen LogP contribution < -0.4 is 16.0 Å². The van der Waals surface area contributed by atoms with Crippen molar-refractivity contribution in [2.24, 2.45) is 0 Å². The van der Waals surface area contributed by atoms with Gasteiger partial charge in [-0.15, -0.1) is 0 Å². The lowest BCUT2D eigenvalue weighted by Crippen LogP contribution is -2.33. The fourth-order valence-corrected chi connectivity index (χ4v) is 1.66. The molecule has 0 spiro atoms. The van der Waals surface area contributed by atoms with Crippen molar-refractivity contribution in [3.63, 3.8) is 0 Å². The fraction of sp³-hybridized carbons (Fsp3) is 0.364. The predicted octanol–water partition coefficient (Wildman–Crippen LogP) is 1.82. The number of hydrogen-bond acceptors (Lipinski definition) is 3. The van der Waals surface area contributed by atoms with Crippen molar-refractivity contribution in [1.29, 1.82) is 0 Å². The lowest BCUT2D eigenvalue weighted by molar-refractivity contribution is -0.123. The molecule has 0 saturated heterocycles. The van der Waals surface area contributed by atoms with E-state index in [2.05, 4.69) is 10.6 Å². The number of anilines is 2. The number of carbonyl (C=O) groups is 1. The maximum absolute atomic E-state index is 12.0. The van der Waals surface area contributed by atoms with Crippen molar-refractivity contribution in [2.45, 2.75) is 6.18 Å². The van der Waals surface area contributed by atoms with Gasteiger partial charge in [0.25, 0.3) is 5.91 Å². The quantitative estimate of drug-likeness (QED) is 0.759. The molecule has 1 aliphatic heterocycles. The van der Waals surface area contributed by atoms with Gasteiger partial charge in [-0.2, -0.15) is 13.2 Å². The number of alkyl halides is 3. The summed E-state index contributed by atoms with van der Waals surface area (Å²) < 4.78 is 35.9. The van der Waals surface area contributed by atoms with E-state index >= 15 is 0 Å². The number of amides is 1. The highest BCUT2D eigenvalue weighted by atomic mass is 19.4. The molecular formula is C11H12F3N3O. The number of carbonyl (C=O) groups excluding carboxylic acids is 1. The number of fused-ring (bicyclic) bond motifs is 1. The minimum Gasteiger partial charge on any atom is -0.382 e. The Morgan fingerprint density at radius 1 is 1.22 bits per heavy atom. The van der Waals surface area contributed by atoms with Crippen LogP contribution in [0.2, 0.25) is 0 Å². The van der Waals surface area contributed by atoms with Crippen LogP contribution in [0.5, 0.6) is 0 Å². The van der Waals surface area contributed by atoms with Crippen molar-refractivity contribution >= 4 is 17.3 Å². The van der Waals surface area contributed by atoms with Gasteiger partial charge in [-0.05, 0) is 18.2 Å². The van der Waals surface area contributed by atoms with E-state index in [0.717, 1.165) is 17.9 Å². The Kier molecular flexibility index (Phi) is 3.31. The first-order valence-corrected chi connectivity index (χ1v) is 5.42. The van der Waals surface area contributed by atoms with Crippen LogP contribution >= 0.6 is 0 Å². The molecule has 0 radical (unpaired) electrons. The molecule has 7 heteroatoms. The third-order valence-electron chi connectivity index (χ3n) is 2.49. The molecule has 0 aliphatic carbocycles. The maximum atomic E-state index is 12.0. The largest absolute Gasteiger partial charge is 0.405 e. The van der Waals surface area contributed by atoms with Gasteiger partial charge < -0.3 is 16.0 Å². The Bertz CT molecular complexity index is 459. The van der Waals surface area contributed by atoms with Crippen LogP contribution in [-0.4, -0.2) is 31.7 Å². The monoisotopic (exact) mass is 259 g/mol. The summed E-state index contributed by atoms with van der Waals surface area (Å²) in [6, 6.07) is 4.70. The van der Waals surface area contributed by atoms with Crippen molar-refractivity contribution in [3.05, 3.63) is 23.8 Å². The van der Waals surface area contributed by atoms with Crippen LogP contribution in [0.25, 0.3) is 0 Å². The molecule has 18 heavy (non-hydrogen) atoms. The lowest BCUT2D eigenvalue weighted by atomic mass is 10.1. The Hall–Kier alpha value is -1.92. The zero-order valence-electron chi connectivity index (χ0n) is 9.40. The second-order valence-corrected chi connectivity index (χ2v) is 3.91. The molecule has 0 aromatic heterocycles. The normalized spacial score (nSPS) is 14.2. The van der Waals surface area contributed by atoms with Gasteiger partial charge in [0, 0.05) is 18.7 Å². The number of hydrogen-bond donors (Lipinski definition) is 3. The number of benzene rings is 1. The zero-order chi connectivity index (χ0) is 13.2. The average molecular weight is 259 g/mol. The molecule has 3 N–H and O–H groups in total. The first-order chi connectivity index (χ1) is 8.46. The van der Waals surface area contributed by atoms with Crippen LogP contribution in [0, 0.1) is 0 Å². The Morgan fingerprint density at radius 3 is 2.56 bits per heavy atom. The first-order valence-electron chi connectivity index (χ1n) is 5.42. The molecular weight excluding hydrogens is 247 g/mol. The van der Waals surface area contributed by atoms with Crippen molar-refractivity contribution in [2.75, 3.05) is 30.3 Å². The standard InChI is InChI=1S/C11H12F3N3O/c12-11(13,14)6-17-10(18)7-1-2-8-9(5-7)16-4-3-15-8/h1-2,5,15-16H,3-4,6H2,(H,17,18). The van der Waals surface area contributed by atoms with Crippen LogP contribution in [0.3, 0.4) is 0 Å². The van der Waals surface area contributed by atoms with Gasteiger partial charge in [0.2, 0.25) is 0 Å². The van der Waals surface area contributed by atoms with Gasteiger partial charge >= 0.3 is 6.18 Å². The summed E-state index contributed by atoms with van der Waals surface area (Å²) in [4.78, 5) is 11.5. The van der Waals surface area contributed by atoms with E-state index < -0.39 is 18.6 Å². The van der Waals surface area contributed by atoms with E-state index in [0.29, 0.717) is 6.54 Å². The van der Waals surface area contributed by atoms with Crippen LogP contribution in [0.15, 0.2) is 18.2 Å². The molecule has 4 nitrogen and oxygen atoms in total. The molecule has 0 saturated carbocycles. The lowest BCUT2D eigenvalue weighted by Gasteiger charge is -2.20. The molecule has 1 aliphatic rings. The summed E-state index contributed by atoms with van der Waals surface area (Å²) >= 11 is 0. The van der Waals surface area contributed by atoms with Crippen LogP contribution in [0.4, 0.5) is 24.5 Å². The summed E-state index contributed by atoms with van der Waals surface area (Å²) in [5, 5.41) is 8.01. The minimum absolute atomic E-state index is 0.203. The highest BCUT2D eigenvalue weighted by Gasteiger charge is 2.28. The maximum Gasteiger partial charge on any atom is 0.405 e. The van der Waals surface area contributed by atoms with E-state index in [-0.39, 0.29) is 5.56 Å². The summed E-state index contributed by atoms with van der Waals surface area (Å²) in [6.07, 6.45) is -4.40. The Morgan fingerprint density at radius 2 is 1.89 bits per heavy atom. The van der Waals surface area contributed by atoms with Gasteiger partial charge in [-0.25, -0.2) is 0 Å². The summed E-state index contributed by atoms with van der Waals surface area (Å²) in [6.45, 7) is 0.155. The van der Waals surface area contributed by atoms with Crippen molar-refractivity contribution < 1.29 is 18.0 Å².